The molecule has 1 aromatic heterocycles. The Labute approximate surface area is 160 Å². The lowest BCUT2D eigenvalue weighted by Crippen LogP contribution is -2.44. The van der Waals surface area contributed by atoms with Crippen molar-refractivity contribution in [3.05, 3.63) is 53.6 Å². The van der Waals surface area contributed by atoms with Crippen molar-refractivity contribution in [2.75, 3.05) is 19.6 Å². The number of aromatic nitrogens is 2. The number of hydrogen-bond donors (Lipinski definition) is 2. The number of imidazole rings is 1. The number of aliphatic hydroxyl groups is 1. The first kappa shape index (κ1) is 18.2. The number of carbonyl (C=O) groups excluding carboxylic acids is 1. The standard InChI is InChI=1S/C21H28N4O2/c1-14-18(23-13-22-14)11-24-9-8-20(27)21-17(16-6-4-3-5-7-16)10-25(15(2)26)19(21)12-24/h3-7,13,17,19-21,27H,8-12H2,1-2H3,(H,22,23)/t17-,19+,20+,21-/m0/s1. The van der Waals surface area contributed by atoms with E-state index in [1.165, 1.54) is 5.56 Å². The molecule has 6 heteroatoms. The third kappa shape index (κ3) is 3.51. The lowest BCUT2D eigenvalue weighted by molar-refractivity contribution is -0.130. The number of hydrogen-bond acceptors (Lipinski definition) is 4. The third-order valence-corrected chi connectivity index (χ3v) is 6.27. The Kier molecular flexibility index (Phi) is 5.02. The molecule has 2 aliphatic heterocycles. The van der Waals surface area contributed by atoms with Crippen molar-refractivity contribution in [1.82, 2.24) is 19.8 Å². The first-order valence-electron chi connectivity index (χ1n) is 9.76. The molecule has 4 rings (SSSR count). The monoisotopic (exact) mass is 368 g/mol. The van der Waals surface area contributed by atoms with Crippen LogP contribution < -0.4 is 0 Å². The quantitative estimate of drug-likeness (QED) is 0.868. The fraction of sp³-hybridized carbons (Fsp3) is 0.524. The van der Waals surface area contributed by atoms with Gasteiger partial charge in [0.05, 0.1) is 24.2 Å². The topological polar surface area (TPSA) is 72.5 Å². The molecule has 1 amide bonds. The number of aryl methyl sites for hydroxylation is 1. The van der Waals surface area contributed by atoms with Crippen LogP contribution in [-0.2, 0) is 11.3 Å². The first-order valence-corrected chi connectivity index (χ1v) is 9.76. The smallest absolute Gasteiger partial charge is 0.219 e. The van der Waals surface area contributed by atoms with Crippen LogP contribution in [0.15, 0.2) is 36.7 Å². The molecule has 0 saturated carbocycles. The molecule has 0 aliphatic carbocycles. The van der Waals surface area contributed by atoms with E-state index in [1.807, 2.05) is 30.0 Å². The largest absolute Gasteiger partial charge is 0.393 e. The van der Waals surface area contributed by atoms with Gasteiger partial charge in [-0.1, -0.05) is 30.3 Å². The Morgan fingerprint density at radius 3 is 2.74 bits per heavy atom. The van der Waals surface area contributed by atoms with Gasteiger partial charge < -0.3 is 15.0 Å². The van der Waals surface area contributed by atoms with Crippen LogP contribution in [0.4, 0.5) is 0 Å². The van der Waals surface area contributed by atoms with Crippen LogP contribution in [0.1, 0.15) is 36.2 Å². The maximum Gasteiger partial charge on any atom is 0.219 e. The van der Waals surface area contributed by atoms with Gasteiger partial charge >= 0.3 is 0 Å². The van der Waals surface area contributed by atoms with Crippen LogP contribution in [0.2, 0.25) is 0 Å². The van der Waals surface area contributed by atoms with E-state index in [9.17, 15) is 9.90 Å². The van der Waals surface area contributed by atoms with Crippen LogP contribution in [0, 0.1) is 12.8 Å². The van der Waals surface area contributed by atoms with Crippen LogP contribution in [-0.4, -0.2) is 62.6 Å². The van der Waals surface area contributed by atoms with E-state index in [-0.39, 0.29) is 23.8 Å². The number of H-pyrrole nitrogens is 1. The highest BCUT2D eigenvalue weighted by Gasteiger charge is 2.48. The molecule has 2 aliphatic rings. The lowest BCUT2D eigenvalue weighted by atomic mass is 9.81. The highest BCUT2D eigenvalue weighted by atomic mass is 16.3. The number of nitrogens with one attached hydrogen (secondary N) is 1. The molecule has 144 valence electrons. The molecule has 6 nitrogen and oxygen atoms in total. The summed E-state index contributed by atoms with van der Waals surface area (Å²) < 4.78 is 0. The van der Waals surface area contributed by atoms with Crippen molar-refractivity contribution >= 4 is 5.91 Å². The molecule has 3 heterocycles. The van der Waals surface area contributed by atoms with E-state index in [2.05, 4.69) is 27.0 Å². The summed E-state index contributed by atoms with van der Waals surface area (Å²) in [7, 11) is 0. The number of nitrogens with zero attached hydrogens (tertiary/aromatic N) is 3. The second-order valence-corrected chi connectivity index (χ2v) is 7.90. The van der Waals surface area contributed by atoms with Crippen molar-refractivity contribution in [2.24, 2.45) is 5.92 Å². The molecule has 2 aromatic rings. The Morgan fingerprint density at radius 1 is 1.30 bits per heavy atom. The molecule has 0 bridgehead atoms. The summed E-state index contributed by atoms with van der Waals surface area (Å²) in [6.45, 7) is 6.68. The van der Waals surface area contributed by atoms with Gasteiger partial charge in [-0.15, -0.1) is 0 Å². The minimum Gasteiger partial charge on any atom is -0.393 e. The molecule has 4 atom stereocenters. The lowest BCUT2D eigenvalue weighted by Gasteiger charge is -2.31. The third-order valence-electron chi connectivity index (χ3n) is 6.27. The van der Waals surface area contributed by atoms with E-state index in [1.54, 1.807) is 13.3 Å². The van der Waals surface area contributed by atoms with Crippen molar-refractivity contribution < 1.29 is 9.90 Å². The second-order valence-electron chi connectivity index (χ2n) is 7.90. The number of benzene rings is 1. The molecule has 2 saturated heterocycles. The molecule has 27 heavy (non-hydrogen) atoms. The summed E-state index contributed by atoms with van der Waals surface area (Å²) in [5.74, 6) is 0.345. The fourth-order valence-electron chi connectivity index (χ4n) is 4.84. The normalized spacial score (nSPS) is 28.8. The summed E-state index contributed by atoms with van der Waals surface area (Å²) in [5.41, 5.74) is 3.33. The molecular weight excluding hydrogens is 340 g/mol. The van der Waals surface area contributed by atoms with E-state index in [0.29, 0.717) is 6.54 Å². The Hall–Kier alpha value is -2.18. The summed E-state index contributed by atoms with van der Waals surface area (Å²) >= 11 is 0. The van der Waals surface area contributed by atoms with Gasteiger partial charge in [-0.3, -0.25) is 9.69 Å². The number of carbonyl (C=O) groups is 1. The highest BCUT2D eigenvalue weighted by molar-refractivity contribution is 5.74. The summed E-state index contributed by atoms with van der Waals surface area (Å²) in [6.07, 6.45) is 2.04. The molecular formula is C21H28N4O2. The average Bonchev–Trinajstić information content (AvgIpc) is 3.19. The van der Waals surface area contributed by atoms with Crippen molar-refractivity contribution in [2.45, 2.75) is 44.9 Å². The maximum absolute atomic E-state index is 12.4. The Morgan fingerprint density at radius 2 is 2.07 bits per heavy atom. The molecule has 2 N–H and O–H groups in total. The second kappa shape index (κ2) is 7.44. The highest BCUT2D eigenvalue weighted by Crippen LogP contribution is 2.42. The number of rotatable bonds is 3. The predicted octanol–water partition coefficient (Wildman–Crippen LogP) is 1.92. The average molecular weight is 368 g/mol. The van der Waals surface area contributed by atoms with Crippen LogP contribution in [0.25, 0.3) is 0 Å². The number of amides is 1. The Bertz CT molecular complexity index is 790. The van der Waals surface area contributed by atoms with E-state index in [4.69, 9.17) is 0 Å². The maximum atomic E-state index is 12.4. The van der Waals surface area contributed by atoms with Gasteiger partial charge in [0.2, 0.25) is 5.91 Å². The molecule has 0 unspecified atom stereocenters. The van der Waals surface area contributed by atoms with Gasteiger partial charge in [-0.2, -0.15) is 0 Å². The van der Waals surface area contributed by atoms with Gasteiger partial charge in [0.1, 0.15) is 0 Å². The van der Waals surface area contributed by atoms with E-state index < -0.39 is 6.10 Å². The molecule has 0 radical (unpaired) electrons. The van der Waals surface area contributed by atoms with Crippen LogP contribution >= 0.6 is 0 Å². The van der Waals surface area contributed by atoms with Crippen molar-refractivity contribution in [3.8, 4) is 0 Å². The zero-order valence-corrected chi connectivity index (χ0v) is 16.0. The molecule has 0 spiro atoms. The van der Waals surface area contributed by atoms with Crippen LogP contribution in [0.3, 0.4) is 0 Å². The van der Waals surface area contributed by atoms with Gasteiger partial charge in [-0.05, 0) is 18.9 Å². The van der Waals surface area contributed by atoms with Gasteiger partial charge in [0, 0.05) is 50.6 Å². The number of aliphatic hydroxyl groups excluding tert-OH is 1. The summed E-state index contributed by atoms with van der Waals surface area (Å²) in [5, 5.41) is 11.0. The van der Waals surface area contributed by atoms with Gasteiger partial charge in [0.25, 0.3) is 0 Å². The fourth-order valence-corrected chi connectivity index (χ4v) is 4.84. The summed E-state index contributed by atoms with van der Waals surface area (Å²) in [6, 6.07) is 10.4. The number of likely N-dealkylation sites (tertiary alicyclic amines) is 2. The molecule has 1 aromatic carbocycles. The molecule has 2 fully saturated rings. The zero-order valence-electron chi connectivity index (χ0n) is 16.0. The summed E-state index contributed by atoms with van der Waals surface area (Å²) in [4.78, 5) is 24.2. The first-order chi connectivity index (χ1) is 13.0. The van der Waals surface area contributed by atoms with Gasteiger partial charge in [0.15, 0.2) is 0 Å². The minimum absolute atomic E-state index is 0.0319. The minimum atomic E-state index is -0.408. The Balaban J connectivity index is 1.62. The van der Waals surface area contributed by atoms with Crippen molar-refractivity contribution in [3.63, 3.8) is 0 Å². The number of aromatic amines is 1. The SMILES string of the molecule is CC(=O)N1C[C@@H](c2ccccc2)[C@@H]2[C@H](O)CCN(Cc3nc[nH]c3C)C[C@H]21. The van der Waals surface area contributed by atoms with Gasteiger partial charge in [-0.25, -0.2) is 4.98 Å². The van der Waals surface area contributed by atoms with E-state index in [0.717, 1.165) is 37.4 Å². The van der Waals surface area contributed by atoms with Crippen LogP contribution in [0.5, 0.6) is 0 Å². The van der Waals surface area contributed by atoms with E-state index >= 15 is 0 Å². The number of fused-ring (bicyclic) bond motifs is 1. The predicted molar refractivity (Wildman–Crippen MR) is 103 cm³/mol. The van der Waals surface area contributed by atoms with Crippen molar-refractivity contribution in [1.29, 1.82) is 0 Å². The zero-order chi connectivity index (χ0) is 19.0.